The van der Waals surface area contributed by atoms with Gasteiger partial charge in [-0.3, -0.25) is 4.79 Å². The lowest BCUT2D eigenvalue weighted by molar-refractivity contribution is -0.127. The van der Waals surface area contributed by atoms with E-state index in [1.165, 1.54) is 27.8 Å². The standard InChI is InChI=1S/C35H37Cl2NO3.C15H15Cl2N/c1-25-6-18-33(19-7-25)41-26(2)35(39)24-40-32-20-8-27(9-21-32)5-4-22-38(3)23-34(28-10-14-30(36)15-11-28)29-12-16-31(37)17-13-29;1-18-10-15(11-2-6-13(16)7-3-11)12-4-8-14(17)9-5-12/h6-21,26,34H,4-5,22-24H2,1-3H3;2-9,15,18H,10H2,1H3. The highest BCUT2D eigenvalue weighted by molar-refractivity contribution is 6.31. The molecule has 5 nitrogen and oxygen atoms in total. The number of likely N-dealkylation sites (N-methyl/N-ethyl adjacent to an activating group) is 2. The maximum Gasteiger partial charge on any atom is 0.210 e. The summed E-state index contributed by atoms with van der Waals surface area (Å²) in [4.78, 5) is 14.9. The van der Waals surface area contributed by atoms with E-state index in [9.17, 15) is 4.79 Å². The van der Waals surface area contributed by atoms with Gasteiger partial charge in [-0.15, -0.1) is 0 Å². The van der Waals surface area contributed by atoms with E-state index in [0.717, 1.165) is 58.1 Å². The summed E-state index contributed by atoms with van der Waals surface area (Å²) in [6.07, 6.45) is 1.40. The van der Waals surface area contributed by atoms with E-state index in [-0.39, 0.29) is 18.3 Å². The van der Waals surface area contributed by atoms with Crippen LogP contribution < -0.4 is 14.8 Å². The normalized spacial score (nSPS) is 11.6. The molecule has 0 bridgehead atoms. The number of nitrogens with zero attached hydrogens (tertiary/aromatic N) is 1. The number of aryl methyl sites for hydroxylation is 2. The Bertz CT molecular complexity index is 2050. The summed E-state index contributed by atoms with van der Waals surface area (Å²) < 4.78 is 11.5. The van der Waals surface area contributed by atoms with Crippen molar-refractivity contribution in [3.8, 4) is 11.5 Å². The molecule has 9 heteroatoms. The number of rotatable bonds is 18. The molecule has 6 aromatic carbocycles. The number of carbonyl (C=O) groups excluding carboxylic acids is 1. The van der Waals surface area contributed by atoms with Gasteiger partial charge < -0.3 is 19.7 Å². The molecule has 0 fully saturated rings. The largest absolute Gasteiger partial charge is 0.486 e. The SMILES string of the molecule is CNCC(c1ccc(Cl)cc1)c1ccc(Cl)cc1.Cc1ccc(OC(C)C(=O)COc2ccc(CCCN(C)CC(c3ccc(Cl)cc3)c3ccc(Cl)cc3)cc2)cc1. The molecule has 0 aliphatic carbocycles. The number of halogens is 4. The summed E-state index contributed by atoms with van der Waals surface area (Å²) in [6, 6.07) is 47.8. The number of carbonyl (C=O) groups is 1. The van der Waals surface area contributed by atoms with Crippen LogP contribution in [0.1, 0.15) is 58.6 Å². The molecule has 1 unspecified atom stereocenters. The van der Waals surface area contributed by atoms with Crippen LogP contribution >= 0.6 is 46.4 Å². The van der Waals surface area contributed by atoms with Crippen LogP contribution in [0.4, 0.5) is 0 Å². The molecule has 0 aliphatic rings. The molecule has 308 valence electrons. The number of benzene rings is 6. The molecule has 0 saturated carbocycles. The van der Waals surface area contributed by atoms with E-state index < -0.39 is 6.10 Å². The summed E-state index contributed by atoms with van der Waals surface area (Å²) in [5.41, 5.74) is 7.34. The molecule has 0 radical (unpaired) electrons. The minimum Gasteiger partial charge on any atom is -0.486 e. The molecule has 1 N–H and O–H groups in total. The number of hydrogen-bond acceptors (Lipinski definition) is 5. The van der Waals surface area contributed by atoms with Crippen LogP contribution in [-0.2, 0) is 11.2 Å². The maximum absolute atomic E-state index is 12.5. The van der Waals surface area contributed by atoms with Gasteiger partial charge in [-0.05, 0) is 148 Å². The Labute approximate surface area is 370 Å². The Morgan fingerprint density at radius 1 is 0.610 bits per heavy atom. The zero-order valence-electron chi connectivity index (χ0n) is 34.0. The fraction of sp³-hybridized carbons (Fsp3) is 0.260. The Morgan fingerprint density at radius 3 is 1.47 bits per heavy atom. The van der Waals surface area contributed by atoms with Crippen LogP contribution in [-0.4, -0.2) is 57.1 Å². The van der Waals surface area contributed by atoms with Gasteiger partial charge in [0.2, 0.25) is 5.78 Å². The highest BCUT2D eigenvalue weighted by Crippen LogP contribution is 2.29. The van der Waals surface area contributed by atoms with Crippen LogP contribution in [0, 0.1) is 6.92 Å². The summed E-state index contributed by atoms with van der Waals surface area (Å²) in [6.45, 7) is 6.46. The average Bonchev–Trinajstić information content (AvgIpc) is 3.24. The van der Waals surface area contributed by atoms with Crippen molar-refractivity contribution >= 4 is 52.2 Å². The maximum atomic E-state index is 12.5. The summed E-state index contributed by atoms with van der Waals surface area (Å²) in [5.74, 6) is 1.78. The first-order valence-corrected chi connectivity index (χ1v) is 21.3. The van der Waals surface area contributed by atoms with Crippen molar-refractivity contribution in [2.24, 2.45) is 0 Å². The lowest BCUT2D eigenvalue weighted by atomic mass is 9.91. The number of hydrogen-bond donors (Lipinski definition) is 1. The number of ketones is 1. The van der Waals surface area contributed by atoms with Gasteiger partial charge in [-0.1, -0.05) is 125 Å². The van der Waals surface area contributed by atoms with E-state index in [2.05, 4.69) is 77.9 Å². The number of nitrogens with one attached hydrogen (secondary N) is 1. The van der Waals surface area contributed by atoms with E-state index in [0.29, 0.717) is 17.4 Å². The Hall–Kier alpha value is -4.33. The first-order valence-electron chi connectivity index (χ1n) is 19.8. The number of ether oxygens (including phenoxy) is 2. The third kappa shape index (κ3) is 15.0. The van der Waals surface area contributed by atoms with Crippen molar-refractivity contribution in [1.29, 1.82) is 0 Å². The summed E-state index contributed by atoms with van der Waals surface area (Å²) in [7, 11) is 4.12. The molecule has 59 heavy (non-hydrogen) atoms. The van der Waals surface area contributed by atoms with Crippen molar-refractivity contribution < 1.29 is 14.3 Å². The highest BCUT2D eigenvalue weighted by Gasteiger charge is 2.18. The third-order valence-corrected chi connectivity index (χ3v) is 11.1. The second kappa shape index (κ2) is 23.5. The first-order chi connectivity index (χ1) is 28.5. The quantitative estimate of drug-likeness (QED) is 0.0932. The summed E-state index contributed by atoms with van der Waals surface area (Å²) in [5, 5.41) is 6.23. The van der Waals surface area contributed by atoms with E-state index in [1.54, 1.807) is 6.92 Å². The predicted molar refractivity (Wildman–Crippen MR) is 247 cm³/mol. The molecule has 6 aromatic rings. The van der Waals surface area contributed by atoms with Crippen molar-refractivity contribution in [3.63, 3.8) is 0 Å². The molecule has 6 rings (SSSR count). The fourth-order valence-corrected chi connectivity index (χ4v) is 7.19. The van der Waals surface area contributed by atoms with Crippen LogP contribution in [0.3, 0.4) is 0 Å². The minimum atomic E-state index is -0.576. The van der Waals surface area contributed by atoms with Crippen LogP contribution in [0.25, 0.3) is 0 Å². The Balaban J connectivity index is 0.000000305. The zero-order chi connectivity index (χ0) is 42.1. The lowest BCUT2D eigenvalue weighted by Crippen LogP contribution is -2.28. The van der Waals surface area contributed by atoms with Gasteiger partial charge in [0, 0.05) is 45.0 Å². The molecule has 0 spiro atoms. The lowest BCUT2D eigenvalue weighted by Gasteiger charge is -2.25. The fourth-order valence-electron chi connectivity index (χ4n) is 6.68. The molecule has 0 aromatic heterocycles. The van der Waals surface area contributed by atoms with E-state index in [1.807, 2.05) is 98.9 Å². The molecule has 0 heterocycles. The molecular formula is C50H52Cl4N2O3. The first kappa shape index (κ1) is 45.7. The molecule has 0 aliphatic heterocycles. The zero-order valence-corrected chi connectivity index (χ0v) is 37.0. The highest BCUT2D eigenvalue weighted by atomic mass is 35.5. The third-order valence-electron chi connectivity index (χ3n) is 10.1. The smallest absolute Gasteiger partial charge is 0.210 e. The predicted octanol–water partition coefficient (Wildman–Crippen LogP) is 12.8. The van der Waals surface area contributed by atoms with Gasteiger partial charge in [-0.25, -0.2) is 0 Å². The van der Waals surface area contributed by atoms with Gasteiger partial charge in [0.15, 0.2) is 12.7 Å². The van der Waals surface area contributed by atoms with Crippen LogP contribution in [0.5, 0.6) is 11.5 Å². The van der Waals surface area contributed by atoms with Gasteiger partial charge >= 0.3 is 0 Å². The van der Waals surface area contributed by atoms with Gasteiger partial charge in [0.1, 0.15) is 11.5 Å². The molecular weight excluding hydrogens is 818 g/mol. The summed E-state index contributed by atoms with van der Waals surface area (Å²) >= 11 is 24.1. The second-order valence-corrected chi connectivity index (χ2v) is 16.5. The molecule has 0 amide bonds. The Kier molecular flexibility index (Phi) is 18.2. The monoisotopic (exact) mass is 868 g/mol. The van der Waals surface area contributed by atoms with E-state index in [4.69, 9.17) is 55.9 Å². The average molecular weight is 871 g/mol. The van der Waals surface area contributed by atoms with Crippen molar-refractivity contribution in [1.82, 2.24) is 10.2 Å². The van der Waals surface area contributed by atoms with Crippen molar-refractivity contribution in [2.45, 2.75) is 44.6 Å². The van der Waals surface area contributed by atoms with Crippen molar-refractivity contribution in [3.05, 3.63) is 199 Å². The van der Waals surface area contributed by atoms with Crippen LogP contribution in [0.15, 0.2) is 146 Å². The van der Waals surface area contributed by atoms with E-state index >= 15 is 0 Å². The number of Topliss-reactive ketones (excluding diaryl/α,β-unsaturated/α-hetero) is 1. The second-order valence-electron chi connectivity index (χ2n) is 14.7. The van der Waals surface area contributed by atoms with Crippen LogP contribution in [0.2, 0.25) is 20.1 Å². The molecule has 0 saturated heterocycles. The molecule has 1 atom stereocenters. The van der Waals surface area contributed by atoms with Gasteiger partial charge in [-0.2, -0.15) is 0 Å². The van der Waals surface area contributed by atoms with Crippen molar-refractivity contribution in [2.75, 3.05) is 40.3 Å². The Morgan fingerprint density at radius 2 is 1.03 bits per heavy atom. The van der Waals surface area contributed by atoms with Gasteiger partial charge in [0.25, 0.3) is 0 Å². The minimum absolute atomic E-state index is 0.0282. The van der Waals surface area contributed by atoms with Gasteiger partial charge in [0.05, 0.1) is 0 Å². The topological polar surface area (TPSA) is 50.8 Å².